The number of aromatic nitrogens is 2. The number of halogens is 4. The normalized spacial score (nSPS) is 12.6. The van der Waals surface area contributed by atoms with Crippen LogP contribution >= 0.6 is 11.3 Å². The number of fused-ring (bicyclic) bond motifs is 1. The highest BCUT2D eigenvalue weighted by Gasteiger charge is 2.33. The third-order valence-electron chi connectivity index (χ3n) is 5.75. The molecule has 37 heavy (non-hydrogen) atoms. The molecule has 12 heteroatoms. The molecule has 0 aliphatic rings. The predicted molar refractivity (Wildman–Crippen MR) is 130 cm³/mol. The highest BCUT2D eigenvalue weighted by molar-refractivity contribution is 7.89. The minimum Gasteiger partial charge on any atom is -0.468 e. The maximum absolute atomic E-state index is 13.4. The zero-order valence-corrected chi connectivity index (χ0v) is 20.7. The molecule has 6 nitrogen and oxygen atoms in total. The van der Waals surface area contributed by atoms with Gasteiger partial charge in [-0.2, -0.15) is 17.5 Å². The average molecular weight is 550 g/mol. The van der Waals surface area contributed by atoms with Gasteiger partial charge in [-0.1, -0.05) is 6.07 Å². The molecular formula is C25H19F4N3O3S2. The minimum atomic E-state index is -4.68. The Bertz CT molecular complexity index is 1620. The number of sulfonamides is 1. The van der Waals surface area contributed by atoms with Crippen LogP contribution < -0.4 is 0 Å². The molecule has 3 heterocycles. The van der Waals surface area contributed by atoms with Crippen molar-refractivity contribution in [3.8, 4) is 11.3 Å². The monoisotopic (exact) mass is 549 g/mol. The molecule has 0 aliphatic heterocycles. The van der Waals surface area contributed by atoms with E-state index in [0.717, 1.165) is 33.8 Å². The van der Waals surface area contributed by atoms with Gasteiger partial charge >= 0.3 is 6.18 Å². The first-order valence-corrected chi connectivity index (χ1v) is 13.3. The van der Waals surface area contributed by atoms with E-state index >= 15 is 0 Å². The lowest BCUT2D eigenvalue weighted by Gasteiger charge is -2.22. The van der Waals surface area contributed by atoms with E-state index in [9.17, 15) is 26.0 Å². The summed E-state index contributed by atoms with van der Waals surface area (Å²) in [5.74, 6) is -0.00340. The fourth-order valence-corrected chi connectivity index (χ4v) is 6.21. The van der Waals surface area contributed by atoms with Crippen molar-refractivity contribution in [2.75, 3.05) is 6.54 Å². The molecule has 0 saturated carbocycles. The summed E-state index contributed by atoms with van der Waals surface area (Å²) in [5, 5.41) is 1.85. The highest BCUT2D eigenvalue weighted by atomic mass is 32.2. The van der Waals surface area contributed by atoms with Gasteiger partial charge in [0.05, 0.1) is 29.0 Å². The Kier molecular flexibility index (Phi) is 6.65. The second-order valence-electron chi connectivity index (χ2n) is 8.21. The van der Waals surface area contributed by atoms with Gasteiger partial charge in [-0.3, -0.25) is 4.40 Å². The molecule has 0 spiro atoms. The Morgan fingerprint density at radius 1 is 1.05 bits per heavy atom. The Balaban J connectivity index is 1.43. The van der Waals surface area contributed by atoms with Crippen LogP contribution in [-0.2, 0) is 29.2 Å². The van der Waals surface area contributed by atoms with Gasteiger partial charge in [0, 0.05) is 35.8 Å². The molecule has 0 fully saturated rings. The van der Waals surface area contributed by atoms with E-state index in [2.05, 4.69) is 4.98 Å². The van der Waals surface area contributed by atoms with Crippen LogP contribution in [0.4, 0.5) is 17.6 Å². The SMILES string of the molecule is O=S(=O)(c1cccc(C(F)(F)F)c1)N(CCc1csc2nc(-c3ccc(F)cc3)cn12)Cc1ccco1. The van der Waals surface area contributed by atoms with Crippen molar-refractivity contribution in [2.24, 2.45) is 0 Å². The number of benzene rings is 2. The predicted octanol–water partition coefficient (Wildman–Crippen LogP) is 6.25. The molecule has 192 valence electrons. The van der Waals surface area contributed by atoms with Gasteiger partial charge in [-0.05, 0) is 54.6 Å². The number of hydrogen-bond acceptors (Lipinski definition) is 5. The van der Waals surface area contributed by atoms with Gasteiger partial charge in [-0.15, -0.1) is 11.3 Å². The van der Waals surface area contributed by atoms with E-state index in [1.165, 1.54) is 29.7 Å². The van der Waals surface area contributed by atoms with Gasteiger partial charge in [-0.25, -0.2) is 17.8 Å². The van der Waals surface area contributed by atoms with Crippen LogP contribution in [0.3, 0.4) is 0 Å². The molecule has 0 radical (unpaired) electrons. The maximum Gasteiger partial charge on any atom is 0.416 e. The summed E-state index contributed by atoms with van der Waals surface area (Å²) in [6.07, 6.45) is -1.23. The molecule has 0 bridgehead atoms. The molecule has 0 atom stereocenters. The first kappa shape index (κ1) is 25.2. The summed E-state index contributed by atoms with van der Waals surface area (Å²) in [7, 11) is -4.29. The van der Waals surface area contributed by atoms with Crippen molar-refractivity contribution in [3.05, 3.63) is 101 Å². The molecule has 0 unspecified atom stereocenters. The third-order valence-corrected chi connectivity index (χ3v) is 8.48. The molecule has 0 amide bonds. The van der Waals surface area contributed by atoms with Gasteiger partial charge in [0.2, 0.25) is 10.0 Å². The number of nitrogens with zero attached hydrogens (tertiary/aromatic N) is 3. The fraction of sp³-hybridized carbons (Fsp3) is 0.160. The van der Waals surface area contributed by atoms with Crippen LogP contribution in [0.5, 0.6) is 0 Å². The summed E-state index contributed by atoms with van der Waals surface area (Å²) in [6.45, 7) is -0.168. The molecule has 5 aromatic rings. The summed E-state index contributed by atoms with van der Waals surface area (Å²) in [4.78, 5) is 4.78. The second kappa shape index (κ2) is 9.77. The standard InChI is InChI=1S/C25H19F4N3O3S2/c26-19-8-6-17(7-9-19)23-15-32-20(16-36-24(32)30-23)10-11-31(14-21-4-2-12-35-21)37(33,34)22-5-1-3-18(13-22)25(27,28)29/h1-9,12-13,15-16H,10-11,14H2. The van der Waals surface area contributed by atoms with E-state index in [1.54, 1.807) is 30.5 Å². The van der Waals surface area contributed by atoms with E-state index in [-0.39, 0.29) is 25.3 Å². The topological polar surface area (TPSA) is 67.8 Å². The lowest BCUT2D eigenvalue weighted by Crippen LogP contribution is -2.32. The summed E-state index contributed by atoms with van der Waals surface area (Å²) in [6, 6.07) is 12.8. The van der Waals surface area contributed by atoms with E-state index < -0.39 is 26.7 Å². The summed E-state index contributed by atoms with van der Waals surface area (Å²) < 4.78 is 88.1. The molecule has 2 aromatic carbocycles. The number of furan rings is 1. The van der Waals surface area contributed by atoms with Crippen molar-refractivity contribution in [2.45, 2.75) is 24.0 Å². The number of hydrogen-bond donors (Lipinski definition) is 0. The van der Waals surface area contributed by atoms with Gasteiger partial charge in [0.1, 0.15) is 11.6 Å². The fourth-order valence-electron chi connectivity index (χ4n) is 3.85. The number of alkyl halides is 3. The third kappa shape index (κ3) is 5.31. The van der Waals surface area contributed by atoms with Crippen LogP contribution in [0, 0.1) is 5.82 Å². The largest absolute Gasteiger partial charge is 0.468 e. The van der Waals surface area contributed by atoms with Crippen molar-refractivity contribution < 1.29 is 30.4 Å². The van der Waals surface area contributed by atoms with E-state index in [1.807, 2.05) is 9.78 Å². The lowest BCUT2D eigenvalue weighted by molar-refractivity contribution is -0.137. The Labute approximate surface area is 213 Å². The summed E-state index contributed by atoms with van der Waals surface area (Å²) >= 11 is 1.36. The molecule has 0 aliphatic carbocycles. The Morgan fingerprint density at radius 2 is 1.84 bits per heavy atom. The molecule has 0 saturated heterocycles. The molecule has 3 aromatic heterocycles. The van der Waals surface area contributed by atoms with Gasteiger partial charge in [0.15, 0.2) is 4.96 Å². The highest BCUT2D eigenvalue weighted by Crippen LogP contribution is 2.32. The quantitative estimate of drug-likeness (QED) is 0.215. The first-order chi connectivity index (χ1) is 17.6. The van der Waals surface area contributed by atoms with Gasteiger partial charge in [0.25, 0.3) is 0 Å². The average Bonchev–Trinajstić information content (AvgIpc) is 3.60. The van der Waals surface area contributed by atoms with Crippen molar-refractivity contribution in [3.63, 3.8) is 0 Å². The lowest BCUT2D eigenvalue weighted by atomic mass is 10.2. The minimum absolute atomic E-state index is 0.0187. The van der Waals surface area contributed by atoms with Gasteiger partial charge < -0.3 is 4.42 Å². The van der Waals surface area contributed by atoms with E-state index in [4.69, 9.17) is 4.42 Å². The van der Waals surface area contributed by atoms with Crippen molar-refractivity contribution in [1.82, 2.24) is 13.7 Å². The zero-order chi connectivity index (χ0) is 26.2. The molecule has 5 rings (SSSR count). The first-order valence-electron chi connectivity index (χ1n) is 11.0. The van der Waals surface area contributed by atoms with Crippen LogP contribution in [0.15, 0.2) is 87.8 Å². The van der Waals surface area contributed by atoms with Crippen molar-refractivity contribution >= 4 is 26.3 Å². The second-order valence-corrected chi connectivity index (χ2v) is 11.0. The molecular weight excluding hydrogens is 530 g/mol. The maximum atomic E-state index is 13.4. The number of rotatable bonds is 8. The Hall–Kier alpha value is -3.48. The Morgan fingerprint density at radius 3 is 2.54 bits per heavy atom. The van der Waals surface area contributed by atoms with Crippen LogP contribution in [-0.4, -0.2) is 28.7 Å². The number of imidazole rings is 1. The molecule has 0 N–H and O–H groups in total. The van der Waals surface area contributed by atoms with Crippen LogP contribution in [0.25, 0.3) is 16.2 Å². The van der Waals surface area contributed by atoms with Crippen LogP contribution in [0.1, 0.15) is 17.0 Å². The number of thiazole rings is 1. The van der Waals surface area contributed by atoms with E-state index in [0.29, 0.717) is 22.5 Å². The zero-order valence-electron chi connectivity index (χ0n) is 19.0. The van der Waals surface area contributed by atoms with Crippen LogP contribution in [0.2, 0.25) is 0 Å². The smallest absolute Gasteiger partial charge is 0.416 e. The summed E-state index contributed by atoms with van der Waals surface area (Å²) in [5.41, 5.74) is 1.09. The van der Waals surface area contributed by atoms with Crippen molar-refractivity contribution in [1.29, 1.82) is 0 Å².